The summed E-state index contributed by atoms with van der Waals surface area (Å²) < 4.78 is 12.9. The van der Waals surface area contributed by atoms with Gasteiger partial charge in [-0.3, -0.25) is 9.59 Å². The average molecular weight is 251 g/mol. The van der Waals surface area contributed by atoms with E-state index in [0.29, 0.717) is 12.0 Å². The standard InChI is InChI=1S/C13H14FNO3/c1-15-11(16)7-6-10(13(17)18)12(15)8-2-4-9(14)5-3-8/h2-5,10,12H,6-7H2,1H3,(H,17,18). The van der Waals surface area contributed by atoms with Crippen LogP contribution in [0.25, 0.3) is 0 Å². The number of amides is 1. The van der Waals surface area contributed by atoms with Gasteiger partial charge >= 0.3 is 5.97 Å². The van der Waals surface area contributed by atoms with Crippen molar-refractivity contribution in [3.63, 3.8) is 0 Å². The summed E-state index contributed by atoms with van der Waals surface area (Å²) in [4.78, 5) is 24.4. The Morgan fingerprint density at radius 2 is 2.00 bits per heavy atom. The van der Waals surface area contributed by atoms with Crippen LogP contribution in [0.5, 0.6) is 0 Å². The quantitative estimate of drug-likeness (QED) is 0.872. The van der Waals surface area contributed by atoms with E-state index in [2.05, 4.69) is 0 Å². The lowest BCUT2D eigenvalue weighted by Gasteiger charge is -2.37. The zero-order valence-electron chi connectivity index (χ0n) is 9.97. The minimum absolute atomic E-state index is 0.0816. The second-order valence-electron chi connectivity index (χ2n) is 4.48. The molecule has 1 aromatic carbocycles. The van der Waals surface area contributed by atoms with Crippen molar-refractivity contribution in [2.75, 3.05) is 7.05 Å². The lowest BCUT2D eigenvalue weighted by molar-refractivity contribution is -0.150. The van der Waals surface area contributed by atoms with Crippen LogP contribution in [0.1, 0.15) is 24.4 Å². The molecule has 0 aromatic heterocycles. The first-order valence-electron chi connectivity index (χ1n) is 5.74. The van der Waals surface area contributed by atoms with Gasteiger partial charge in [-0.2, -0.15) is 0 Å². The van der Waals surface area contributed by atoms with Crippen molar-refractivity contribution in [3.05, 3.63) is 35.6 Å². The second-order valence-corrected chi connectivity index (χ2v) is 4.48. The average Bonchev–Trinajstić information content (AvgIpc) is 2.33. The van der Waals surface area contributed by atoms with Gasteiger partial charge in [0.15, 0.2) is 0 Å². The Hall–Kier alpha value is -1.91. The minimum atomic E-state index is -0.927. The monoisotopic (exact) mass is 251 g/mol. The van der Waals surface area contributed by atoms with Crippen molar-refractivity contribution in [1.82, 2.24) is 4.90 Å². The summed E-state index contributed by atoms with van der Waals surface area (Å²) in [5, 5.41) is 9.22. The molecule has 1 fully saturated rings. The number of carbonyl (C=O) groups excluding carboxylic acids is 1. The smallest absolute Gasteiger partial charge is 0.308 e. The molecule has 1 N–H and O–H groups in total. The van der Waals surface area contributed by atoms with Gasteiger partial charge in [0.1, 0.15) is 5.82 Å². The van der Waals surface area contributed by atoms with Gasteiger partial charge in [0, 0.05) is 13.5 Å². The number of hydrogen-bond donors (Lipinski definition) is 1. The molecule has 2 atom stereocenters. The van der Waals surface area contributed by atoms with Gasteiger partial charge in [0.25, 0.3) is 0 Å². The zero-order valence-corrected chi connectivity index (χ0v) is 9.97. The van der Waals surface area contributed by atoms with E-state index < -0.39 is 17.9 Å². The molecule has 1 amide bonds. The van der Waals surface area contributed by atoms with E-state index in [9.17, 15) is 19.1 Å². The summed E-state index contributed by atoms with van der Waals surface area (Å²) >= 11 is 0. The maximum atomic E-state index is 12.9. The number of hydrogen-bond acceptors (Lipinski definition) is 2. The topological polar surface area (TPSA) is 57.6 Å². The van der Waals surface area contributed by atoms with E-state index in [1.807, 2.05) is 0 Å². The highest BCUT2D eigenvalue weighted by atomic mass is 19.1. The molecule has 0 aliphatic carbocycles. The van der Waals surface area contributed by atoms with Crippen LogP contribution in [0.3, 0.4) is 0 Å². The molecule has 2 unspecified atom stereocenters. The molecule has 1 heterocycles. The largest absolute Gasteiger partial charge is 0.481 e. The van der Waals surface area contributed by atoms with E-state index in [4.69, 9.17) is 0 Å². The molecule has 5 heteroatoms. The number of carboxylic acid groups (broad SMARTS) is 1. The summed E-state index contributed by atoms with van der Waals surface area (Å²) in [5.74, 6) is -2.03. The molecule has 1 saturated heterocycles. The normalized spacial score (nSPS) is 24.1. The number of halogens is 1. The first-order chi connectivity index (χ1) is 8.50. The Kier molecular flexibility index (Phi) is 3.32. The Morgan fingerprint density at radius 3 is 2.56 bits per heavy atom. The van der Waals surface area contributed by atoms with Gasteiger partial charge in [0.05, 0.1) is 12.0 Å². The van der Waals surface area contributed by atoms with Gasteiger partial charge in [-0.15, -0.1) is 0 Å². The zero-order chi connectivity index (χ0) is 13.3. The molecule has 1 aliphatic rings. The van der Waals surface area contributed by atoms with Crippen molar-refractivity contribution in [3.8, 4) is 0 Å². The molecule has 1 aromatic rings. The van der Waals surface area contributed by atoms with Crippen molar-refractivity contribution in [2.24, 2.45) is 5.92 Å². The molecule has 0 radical (unpaired) electrons. The van der Waals surface area contributed by atoms with Gasteiger partial charge in [-0.1, -0.05) is 12.1 Å². The first-order valence-corrected chi connectivity index (χ1v) is 5.74. The number of rotatable bonds is 2. The van der Waals surface area contributed by atoms with Crippen molar-refractivity contribution in [1.29, 1.82) is 0 Å². The fourth-order valence-electron chi connectivity index (χ4n) is 2.41. The molecular weight excluding hydrogens is 237 g/mol. The Balaban J connectivity index is 2.37. The lowest BCUT2D eigenvalue weighted by Crippen LogP contribution is -2.42. The molecule has 2 rings (SSSR count). The third kappa shape index (κ3) is 2.20. The van der Waals surface area contributed by atoms with Crippen LogP contribution in [0, 0.1) is 11.7 Å². The van der Waals surface area contributed by atoms with Crippen molar-refractivity contribution < 1.29 is 19.1 Å². The molecule has 18 heavy (non-hydrogen) atoms. The Bertz CT molecular complexity index is 472. The lowest BCUT2D eigenvalue weighted by atomic mass is 9.85. The van der Waals surface area contributed by atoms with Gasteiger partial charge in [0.2, 0.25) is 5.91 Å². The van der Waals surface area contributed by atoms with Crippen LogP contribution in [-0.2, 0) is 9.59 Å². The van der Waals surface area contributed by atoms with Crippen molar-refractivity contribution >= 4 is 11.9 Å². The Labute approximate surface area is 104 Å². The summed E-state index contributed by atoms with van der Waals surface area (Å²) in [6.07, 6.45) is 0.561. The molecule has 0 bridgehead atoms. The highest BCUT2D eigenvalue weighted by Gasteiger charge is 2.38. The number of likely N-dealkylation sites (tertiary alicyclic amines) is 1. The van der Waals surface area contributed by atoms with E-state index in [-0.39, 0.29) is 18.1 Å². The van der Waals surface area contributed by atoms with Crippen LogP contribution in [0.2, 0.25) is 0 Å². The summed E-state index contributed by atoms with van der Waals surface area (Å²) in [7, 11) is 1.59. The highest BCUT2D eigenvalue weighted by molar-refractivity contribution is 5.81. The fourth-order valence-corrected chi connectivity index (χ4v) is 2.41. The minimum Gasteiger partial charge on any atom is -0.481 e. The number of nitrogens with zero attached hydrogens (tertiary/aromatic N) is 1. The third-order valence-electron chi connectivity index (χ3n) is 3.39. The summed E-state index contributed by atoms with van der Waals surface area (Å²) in [5.41, 5.74) is 0.652. The number of carbonyl (C=O) groups is 2. The van der Waals surface area contributed by atoms with Crippen LogP contribution in [0.15, 0.2) is 24.3 Å². The molecule has 0 saturated carbocycles. The highest BCUT2D eigenvalue weighted by Crippen LogP contribution is 2.35. The summed E-state index contributed by atoms with van der Waals surface area (Å²) in [6, 6.07) is 5.10. The SMILES string of the molecule is CN1C(=O)CCC(C(=O)O)C1c1ccc(F)cc1. The van der Waals surface area contributed by atoms with Crippen LogP contribution in [-0.4, -0.2) is 28.9 Å². The number of piperidine rings is 1. The van der Waals surface area contributed by atoms with E-state index in [0.717, 1.165) is 0 Å². The molecule has 4 nitrogen and oxygen atoms in total. The molecular formula is C13H14FNO3. The Morgan fingerprint density at radius 1 is 1.39 bits per heavy atom. The second kappa shape index (κ2) is 4.76. The number of carboxylic acids is 1. The van der Waals surface area contributed by atoms with Crippen LogP contribution < -0.4 is 0 Å². The molecule has 96 valence electrons. The fraction of sp³-hybridized carbons (Fsp3) is 0.385. The van der Waals surface area contributed by atoms with E-state index in [1.54, 1.807) is 7.05 Å². The van der Waals surface area contributed by atoms with Gasteiger partial charge in [-0.05, 0) is 24.1 Å². The number of benzene rings is 1. The predicted molar refractivity (Wildman–Crippen MR) is 62.3 cm³/mol. The molecule has 0 spiro atoms. The third-order valence-corrected chi connectivity index (χ3v) is 3.39. The predicted octanol–water partition coefficient (Wildman–Crippen LogP) is 1.82. The maximum Gasteiger partial charge on any atom is 0.308 e. The van der Waals surface area contributed by atoms with Crippen LogP contribution in [0.4, 0.5) is 4.39 Å². The van der Waals surface area contributed by atoms with E-state index in [1.165, 1.54) is 29.2 Å². The number of aliphatic carboxylic acids is 1. The summed E-state index contributed by atoms with van der Waals surface area (Å²) in [6.45, 7) is 0. The van der Waals surface area contributed by atoms with E-state index >= 15 is 0 Å². The van der Waals surface area contributed by atoms with Crippen LogP contribution >= 0.6 is 0 Å². The van der Waals surface area contributed by atoms with Gasteiger partial charge in [-0.25, -0.2) is 4.39 Å². The van der Waals surface area contributed by atoms with Crippen molar-refractivity contribution in [2.45, 2.75) is 18.9 Å². The first kappa shape index (κ1) is 12.5. The van der Waals surface area contributed by atoms with Gasteiger partial charge < -0.3 is 10.0 Å². The maximum absolute atomic E-state index is 12.9. The molecule has 1 aliphatic heterocycles.